The number of benzene rings is 1. The zero-order chi connectivity index (χ0) is 14.3. The number of rotatable bonds is 5. The molecule has 5 heteroatoms. The molecule has 1 aromatic carbocycles. The van der Waals surface area contributed by atoms with E-state index in [1.165, 1.54) is 18.9 Å². The molecule has 0 aliphatic heterocycles. The molecule has 1 fully saturated rings. The van der Waals surface area contributed by atoms with Crippen LogP contribution in [-0.4, -0.2) is 15.4 Å². The van der Waals surface area contributed by atoms with Crippen molar-refractivity contribution >= 4 is 34.2 Å². The van der Waals surface area contributed by atoms with Crippen LogP contribution in [0.4, 0.5) is 4.39 Å². The van der Waals surface area contributed by atoms with Gasteiger partial charge in [0.15, 0.2) is 0 Å². The van der Waals surface area contributed by atoms with Crippen LogP contribution in [0.15, 0.2) is 12.1 Å². The van der Waals surface area contributed by atoms with E-state index < -0.39 is 5.82 Å². The molecule has 0 N–H and O–H groups in total. The van der Waals surface area contributed by atoms with Gasteiger partial charge in [-0.05, 0) is 30.7 Å². The highest BCUT2D eigenvalue weighted by molar-refractivity contribution is 6.31. The molecule has 0 atom stereocenters. The van der Waals surface area contributed by atoms with Gasteiger partial charge in [-0.1, -0.05) is 18.5 Å². The highest BCUT2D eigenvalue weighted by Gasteiger charge is 2.41. The molecule has 108 valence electrons. The first-order valence-electron chi connectivity index (χ1n) is 6.99. The molecule has 1 saturated carbocycles. The Kier molecular flexibility index (Phi) is 3.67. The Morgan fingerprint density at radius 2 is 2.15 bits per heavy atom. The zero-order valence-corrected chi connectivity index (χ0v) is 12.9. The summed E-state index contributed by atoms with van der Waals surface area (Å²) in [6.07, 6.45) is 4.34. The number of alkyl halides is 1. The highest BCUT2D eigenvalue weighted by atomic mass is 35.5. The summed E-state index contributed by atoms with van der Waals surface area (Å²) < 4.78 is 15.8. The summed E-state index contributed by atoms with van der Waals surface area (Å²) in [5.74, 6) is 1.02. The maximum Gasteiger partial charge on any atom is 0.144 e. The maximum atomic E-state index is 13.6. The van der Waals surface area contributed by atoms with Crippen molar-refractivity contribution in [3.8, 4) is 0 Å². The van der Waals surface area contributed by atoms with E-state index >= 15 is 0 Å². The van der Waals surface area contributed by atoms with Gasteiger partial charge < -0.3 is 4.57 Å². The van der Waals surface area contributed by atoms with Crippen molar-refractivity contribution in [3.63, 3.8) is 0 Å². The lowest BCUT2D eigenvalue weighted by Gasteiger charge is -2.16. The minimum Gasteiger partial charge on any atom is -0.327 e. The van der Waals surface area contributed by atoms with Crippen molar-refractivity contribution in [1.29, 1.82) is 0 Å². The van der Waals surface area contributed by atoms with Gasteiger partial charge in [-0.3, -0.25) is 0 Å². The third-order valence-electron chi connectivity index (χ3n) is 4.39. The number of aryl methyl sites for hydroxylation is 1. The van der Waals surface area contributed by atoms with Crippen LogP contribution < -0.4 is 0 Å². The van der Waals surface area contributed by atoms with Crippen molar-refractivity contribution in [2.75, 3.05) is 5.88 Å². The number of hydrogen-bond acceptors (Lipinski definition) is 1. The molecule has 1 aliphatic rings. The fourth-order valence-corrected chi connectivity index (χ4v) is 3.08. The Bertz CT molecular complexity index is 647. The molecule has 0 bridgehead atoms. The largest absolute Gasteiger partial charge is 0.327 e. The van der Waals surface area contributed by atoms with Crippen LogP contribution in [0.2, 0.25) is 5.02 Å². The minimum absolute atomic E-state index is 0.150. The fourth-order valence-electron chi connectivity index (χ4n) is 2.76. The van der Waals surface area contributed by atoms with E-state index in [4.69, 9.17) is 23.2 Å². The fraction of sp³-hybridized carbons (Fsp3) is 0.533. The van der Waals surface area contributed by atoms with E-state index in [-0.39, 0.29) is 5.02 Å². The monoisotopic (exact) mass is 314 g/mol. The van der Waals surface area contributed by atoms with E-state index in [2.05, 4.69) is 16.5 Å². The molecule has 1 aromatic heterocycles. The second-order valence-electron chi connectivity index (χ2n) is 5.66. The number of fused-ring (bicyclic) bond motifs is 1. The molecule has 1 aliphatic carbocycles. The van der Waals surface area contributed by atoms with E-state index in [9.17, 15) is 4.39 Å². The van der Waals surface area contributed by atoms with Crippen LogP contribution in [0.25, 0.3) is 11.0 Å². The standard InChI is InChI=1S/C15H17Cl2FN2/c1-2-15(4-5-15)9-20-13-7-10(17)11(18)8-12(13)19-14(20)3-6-16/h7-8H,2-6,9H2,1H3. The average molecular weight is 315 g/mol. The summed E-state index contributed by atoms with van der Waals surface area (Å²) in [6.45, 7) is 3.15. The SMILES string of the molecule is CCC1(Cn2c(CCCl)nc3cc(F)c(Cl)cc32)CC1. The average Bonchev–Trinajstić information content (AvgIpc) is 3.13. The van der Waals surface area contributed by atoms with E-state index in [1.54, 1.807) is 6.07 Å². The van der Waals surface area contributed by atoms with Crippen molar-refractivity contribution in [2.24, 2.45) is 5.41 Å². The van der Waals surface area contributed by atoms with Gasteiger partial charge in [0.05, 0.1) is 16.1 Å². The first kappa shape index (κ1) is 14.2. The molecular formula is C15H17Cl2FN2. The second-order valence-corrected chi connectivity index (χ2v) is 6.45. The van der Waals surface area contributed by atoms with Crippen LogP contribution in [-0.2, 0) is 13.0 Å². The van der Waals surface area contributed by atoms with E-state index in [0.717, 1.165) is 24.3 Å². The number of hydrogen-bond donors (Lipinski definition) is 0. The third-order valence-corrected chi connectivity index (χ3v) is 4.87. The molecule has 3 rings (SSSR count). The summed E-state index contributed by atoms with van der Waals surface area (Å²) in [4.78, 5) is 4.53. The highest BCUT2D eigenvalue weighted by Crippen LogP contribution is 2.50. The predicted octanol–water partition coefficient (Wildman–Crippen LogP) is 4.80. The Hall–Kier alpha value is -0.800. The Morgan fingerprint density at radius 1 is 1.40 bits per heavy atom. The van der Waals surface area contributed by atoms with Crippen LogP contribution in [0.5, 0.6) is 0 Å². The van der Waals surface area contributed by atoms with Crippen LogP contribution in [0.3, 0.4) is 0 Å². The zero-order valence-electron chi connectivity index (χ0n) is 11.4. The van der Waals surface area contributed by atoms with Gasteiger partial charge in [0.2, 0.25) is 0 Å². The Balaban J connectivity index is 2.10. The van der Waals surface area contributed by atoms with Gasteiger partial charge in [-0.25, -0.2) is 9.37 Å². The normalized spacial score (nSPS) is 16.8. The third kappa shape index (κ3) is 2.42. The molecule has 2 aromatic rings. The molecule has 0 radical (unpaired) electrons. The smallest absolute Gasteiger partial charge is 0.144 e. The van der Waals surface area contributed by atoms with Crippen molar-refractivity contribution in [2.45, 2.75) is 39.2 Å². The molecule has 1 heterocycles. The molecular weight excluding hydrogens is 298 g/mol. The first-order chi connectivity index (χ1) is 9.58. The van der Waals surface area contributed by atoms with Gasteiger partial charge in [0.1, 0.15) is 11.6 Å². The lowest BCUT2D eigenvalue weighted by molar-refractivity contribution is 0.408. The Morgan fingerprint density at radius 3 is 2.75 bits per heavy atom. The lowest BCUT2D eigenvalue weighted by atomic mass is 10.0. The molecule has 0 amide bonds. The first-order valence-corrected chi connectivity index (χ1v) is 7.90. The second kappa shape index (κ2) is 5.19. The van der Waals surface area contributed by atoms with E-state index in [1.807, 2.05) is 0 Å². The predicted molar refractivity (Wildman–Crippen MR) is 81.1 cm³/mol. The van der Waals surface area contributed by atoms with E-state index in [0.29, 0.717) is 23.2 Å². The van der Waals surface area contributed by atoms with Crippen molar-refractivity contribution < 1.29 is 4.39 Å². The quantitative estimate of drug-likeness (QED) is 0.725. The van der Waals surface area contributed by atoms with Gasteiger partial charge in [0.25, 0.3) is 0 Å². The van der Waals surface area contributed by atoms with Crippen molar-refractivity contribution in [3.05, 3.63) is 28.8 Å². The maximum absolute atomic E-state index is 13.6. The number of imidazole rings is 1. The van der Waals surface area contributed by atoms with Gasteiger partial charge in [-0.15, -0.1) is 11.6 Å². The molecule has 0 saturated heterocycles. The minimum atomic E-state index is -0.419. The summed E-state index contributed by atoms with van der Waals surface area (Å²) in [7, 11) is 0. The van der Waals surface area contributed by atoms with Crippen LogP contribution >= 0.6 is 23.2 Å². The topological polar surface area (TPSA) is 17.8 Å². The molecule has 20 heavy (non-hydrogen) atoms. The van der Waals surface area contributed by atoms with Gasteiger partial charge >= 0.3 is 0 Å². The van der Waals surface area contributed by atoms with Gasteiger partial charge in [0, 0.05) is 24.9 Å². The summed E-state index contributed by atoms with van der Waals surface area (Å²) in [5, 5.41) is 0.150. The number of nitrogens with zero attached hydrogens (tertiary/aromatic N) is 2. The van der Waals surface area contributed by atoms with Crippen LogP contribution in [0, 0.1) is 11.2 Å². The summed E-state index contributed by atoms with van der Waals surface area (Å²) in [5.41, 5.74) is 1.96. The molecule has 2 nitrogen and oxygen atoms in total. The number of aromatic nitrogens is 2. The lowest BCUT2D eigenvalue weighted by Crippen LogP contribution is -2.14. The van der Waals surface area contributed by atoms with Gasteiger partial charge in [-0.2, -0.15) is 0 Å². The number of halogens is 3. The summed E-state index contributed by atoms with van der Waals surface area (Å²) >= 11 is 11.8. The molecule has 0 unspecified atom stereocenters. The molecule has 0 spiro atoms. The van der Waals surface area contributed by atoms with Crippen LogP contribution in [0.1, 0.15) is 32.0 Å². The summed E-state index contributed by atoms with van der Waals surface area (Å²) in [6, 6.07) is 3.10. The Labute approximate surface area is 127 Å². The van der Waals surface area contributed by atoms with Crippen molar-refractivity contribution in [1.82, 2.24) is 9.55 Å².